The third-order valence-electron chi connectivity index (χ3n) is 10.2. The number of hydrogen-bond donors (Lipinski definition) is 1. The van der Waals surface area contributed by atoms with Gasteiger partial charge in [-0.25, -0.2) is 39.2 Å². The number of nitrogens with one attached hydrogen (secondary N) is 1. The van der Waals surface area contributed by atoms with Gasteiger partial charge in [-0.05, 0) is 77.9 Å². The molecule has 67 heavy (non-hydrogen) atoms. The fourth-order valence-corrected chi connectivity index (χ4v) is 10.2. The number of carbonyl (C=O) groups is 3. The smallest absolute Gasteiger partial charge is 0.340 e. The van der Waals surface area contributed by atoms with Gasteiger partial charge in [0.1, 0.15) is 15.5 Å². The molecule has 0 saturated carbocycles. The maximum atomic E-state index is 13.3. The van der Waals surface area contributed by atoms with Crippen molar-refractivity contribution in [2.24, 2.45) is 0 Å². The number of ether oxygens (including phenoxy) is 4. The maximum Gasteiger partial charge on any atom is 0.340 e. The van der Waals surface area contributed by atoms with E-state index in [0.717, 1.165) is 40.2 Å². The van der Waals surface area contributed by atoms with Crippen LogP contribution in [0.3, 0.4) is 0 Å². The van der Waals surface area contributed by atoms with Gasteiger partial charge in [0.2, 0.25) is 0 Å². The lowest BCUT2D eigenvalue weighted by atomic mass is 10.0. The molecule has 9 rings (SSSR count). The molecule has 4 aromatic carbocycles. The highest BCUT2D eigenvalue weighted by atomic mass is 79.9. The Labute approximate surface area is 400 Å². The van der Waals surface area contributed by atoms with E-state index in [4.69, 9.17) is 14.2 Å². The number of aromatic nitrogens is 5. The number of methoxy groups -OCH3 is 4. The minimum Gasteiger partial charge on any atom is -0.497 e. The summed E-state index contributed by atoms with van der Waals surface area (Å²) in [5.41, 5.74) is 4.25. The zero-order chi connectivity index (χ0) is 48.0. The van der Waals surface area contributed by atoms with Gasteiger partial charge in [0, 0.05) is 74.0 Å². The predicted octanol–water partition coefficient (Wildman–Crippen LogP) is 9.27. The fourth-order valence-electron chi connectivity index (χ4n) is 6.88. The van der Waals surface area contributed by atoms with Crippen LogP contribution >= 0.6 is 31.9 Å². The Morgan fingerprint density at radius 1 is 0.552 bits per heavy atom. The lowest BCUT2D eigenvalue weighted by Crippen LogP contribution is -2.12. The summed E-state index contributed by atoms with van der Waals surface area (Å²) in [4.78, 5) is 46.3. The van der Waals surface area contributed by atoms with Crippen LogP contribution in [-0.2, 0) is 34.3 Å². The van der Waals surface area contributed by atoms with Crippen LogP contribution in [-0.4, -0.2) is 86.1 Å². The fraction of sp³-hybridized carbons (Fsp3) is 0.0851. The standard InChI is InChI=1S/C22H18N2O5S.C15H11BrN2O4S.C10H8BrNO2/c1-28-17-8-5-15(6-9-17)16-7-10-19-20(22(25)29-2)14-24(21(19)12-16)30(26,27)18-4-3-11-23-13-18;1-22-15(19)13-9-18(14-7-10(16)4-5-12(13)14)23(20,21)11-3-2-6-17-8-11;1-14-10(13)8-5-12-9-4-6(11)2-3-7(8)9/h3-14H,1-2H3;2-9H,1H3;2-5,12H,1H3. The quantitative estimate of drug-likeness (QED) is 0.106. The van der Waals surface area contributed by atoms with E-state index in [1.165, 1.54) is 76.7 Å². The van der Waals surface area contributed by atoms with Crippen LogP contribution in [0.2, 0.25) is 0 Å². The predicted molar refractivity (Wildman–Crippen MR) is 257 cm³/mol. The molecule has 9 aromatic rings. The maximum absolute atomic E-state index is 13.3. The monoisotopic (exact) mass is 1070 g/mol. The molecule has 16 nitrogen and oxygen atoms in total. The average molecular weight is 1070 g/mol. The highest BCUT2D eigenvalue weighted by Crippen LogP contribution is 2.32. The van der Waals surface area contributed by atoms with Gasteiger partial charge >= 0.3 is 17.9 Å². The summed E-state index contributed by atoms with van der Waals surface area (Å²) in [6.07, 6.45) is 9.73. The zero-order valence-corrected chi connectivity index (χ0v) is 40.5. The van der Waals surface area contributed by atoms with Crippen LogP contribution in [0, 0.1) is 0 Å². The minimum absolute atomic E-state index is 0.0215. The molecule has 5 aromatic heterocycles. The van der Waals surface area contributed by atoms with Gasteiger partial charge in [-0.1, -0.05) is 68.3 Å². The van der Waals surface area contributed by atoms with E-state index in [1.807, 2.05) is 48.5 Å². The molecule has 0 bridgehead atoms. The first-order valence-electron chi connectivity index (χ1n) is 19.6. The van der Waals surface area contributed by atoms with Gasteiger partial charge in [-0.2, -0.15) is 0 Å². The summed E-state index contributed by atoms with van der Waals surface area (Å²) in [6, 6.07) is 29.4. The molecule has 20 heteroatoms. The van der Waals surface area contributed by atoms with Gasteiger partial charge in [-0.3, -0.25) is 9.97 Å². The SMILES string of the molecule is COC(=O)c1c[nH]c2cc(Br)ccc12.COC(=O)c1cn(S(=O)(=O)c2cccnc2)c2cc(-c3ccc(OC)cc3)ccc12.COC(=O)c1cn(S(=O)(=O)c2cccnc2)c2cc(Br)ccc12. The van der Waals surface area contributed by atoms with Crippen molar-refractivity contribution in [3.05, 3.63) is 172 Å². The molecule has 0 atom stereocenters. The second kappa shape index (κ2) is 20.2. The van der Waals surface area contributed by atoms with E-state index in [1.54, 1.807) is 49.7 Å². The van der Waals surface area contributed by atoms with E-state index < -0.39 is 32.0 Å². The number of fused-ring (bicyclic) bond motifs is 3. The first-order chi connectivity index (χ1) is 32.1. The Balaban J connectivity index is 0.000000159. The molecule has 0 aliphatic carbocycles. The molecular formula is C47H37Br2N5O11S2. The van der Waals surface area contributed by atoms with Crippen molar-refractivity contribution in [2.75, 3.05) is 28.4 Å². The van der Waals surface area contributed by atoms with Crippen molar-refractivity contribution in [1.29, 1.82) is 0 Å². The molecule has 5 heterocycles. The van der Waals surface area contributed by atoms with Gasteiger partial charge < -0.3 is 23.9 Å². The molecule has 0 amide bonds. The molecular weight excluding hydrogens is 1030 g/mol. The van der Waals surface area contributed by atoms with Crippen molar-refractivity contribution in [3.63, 3.8) is 0 Å². The number of carbonyl (C=O) groups excluding carboxylic acids is 3. The molecule has 0 radical (unpaired) electrons. The number of halogens is 2. The lowest BCUT2D eigenvalue weighted by Gasteiger charge is -2.09. The van der Waals surface area contributed by atoms with Crippen molar-refractivity contribution < 1.29 is 50.2 Å². The number of pyridine rings is 2. The van der Waals surface area contributed by atoms with Crippen molar-refractivity contribution in [1.82, 2.24) is 22.9 Å². The molecule has 0 aliphatic heterocycles. The summed E-state index contributed by atoms with van der Waals surface area (Å²) >= 11 is 6.68. The molecule has 0 unspecified atom stereocenters. The second-order valence-electron chi connectivity index (χ2n) is 14.1. The van der Waals surface area contributed by atoms with Crippen molar-refractivity contribution >= 4 is 103 Å². The molecule has 0 saturated heterocycles. The normalized spacial score (nSPS) is 11.3. The Morgan fingerprint density at radius 3 is 1.51 bits per heavy atom. The van der Waals surface area contributed by atoms with Crippen LogP contribution in [0.4, 0.5) is 0 Å². The van der Waals surface area contributed by atoms with Gasteiger partial charge in [0.15, 0.2) is 0 Å². The zero-order valence-electron chi connectivity index (χ0n) is 35.7. The summed E-state index contributed by atoms with van der Waals surface area (Å²) < 4.78 is 75.5. The molecule has 0 aliphatic rings. The number of benzene rings is 4. The molecule has 0 fully saturated rings. The van der Waals surface area contributed by atoms with Crippen LogP contribution < -0.4 is 4.74 Å². The molecule has 0 spiro atoms. The van der Waals surface area contributed by atoms with Crippen LogP contribution in [0.25, 0.3) is 43.8 Å². The Morgan fingerprint density at radius 2 is 1.01 bits per heavy atom. The third-order valence-corrected chi connectivity index (χ3v) is 14.5. The summed E-state index contributed by atoms with van der Waals surface area (Å²) in [5.74, 6) is -0.816. The van der Waals surface area contributed by atoms with Gasteiger partial charge in [-0.15, -0.1) is 0 Å². The van der Waals surface area contributed by atoms with E-state index in [9.17, 15) is 31.2 Å². The van der Waals surface area contributed by atoms with E-state index in [0.29, 0.717) is 31.8 Å². The highest BCUT2D eigenvalue weighted by molar-refractivity contribution is 9.10. The Kier molecular flexibility index (Phi) is 14.4. The number of nitrogens with zero attached hydrogens (tertiary/aromatic N) is 4. The first-order valence-corrected chi connectivity index (χ1v) is 24.0. The molecule has 342 valence electrons. The minimum atomic E-state index is -3.97. The second-order valence-corrected chi connectivity index (χ2v) is 19.5. The van der Waals surface area contributed by atoms with Crippen LogP contribution in [0.1, 0.15) is 31.1 Å². The highest BCUT2D eigenvalue weighted by Gasteiger charge is 2.26. The Bertz CT molecular complexity index is 3520. The third kappa shape index (κ3) is 9.87. The van der Waals surface area contributed by atoms with Crippen LogP contribution in [0.5, 0.6) is 5.75 Å². The topological polar surface area (TPSA) is 208 Å². The first kappa shape index (κ1) is 47.8. The number of hydrogen-bond acceptors (Lipinski definition) is 13. The van der Waals surface area contributed by atoms with Crippen LogP contribution in [0.15, 0.2) is 165 Å². The van der Waals surface area contributed by atoms with Gasteiger partial charge in [0.05, 0.1) is 56.2 Å². The van der Waals surface area contributed by atoms with Crippen molar-refractivity contribution in [2.45, 2.75) is 9.79 Å². The largest absolute Gasteiger partial charge is 0.497 e. The summed E-state index contributed by atoms with van der Waals surface area (Å²) in [5, 5.41) is 1.85. The molecule has 1 N–H and O–H groups in total. The van der Waals surface area contributed by atoms with E-state index in [2.05, 4.69) is 51.5 Å². The number of aromatic amines is 1. The number of rotatable bonds is 9. The lowest BCUT2D eigenvalue weighted by molar-refractivity contribution is 0.0594. The summed E-state index contributed by atoms with van der Waals surface area (Å²) in [7, 11) is -2.38. The summed E-state index contributed by atoms with van der Waals surface area (Å²) in [6.45, 7) is 0. The van der Waals surface area contributed by atoms with Gasteiger partial charge in [0.25, 0.3) is 20.0 Å². The number of esters is 3. The van der Waals surface area contributed by atoms with E-state index in [-0.39, 0.29) is 26.9 Å². The number of H-pyrrole nitrogens is 1. The Hall–Kier alpha value is -7.13. The van der Waals surface area contributed by atoms with E-state index >= 15 is 0 Å². The average Bonchev–Trinajstić information content (AvgIpc) is 4.08. The van der Waals surface area contributed by atoms with Crippen molar-refractivity contribution in [3.8, 4) is 16.9 Å².